The zero-order valence-corrected chi connectivity index (χ0v) is 9.86. The topological polar surface area (TPSA) is 27.7 Å². The standard InChI is InChI=1S/C13H18O3/c1-10-4-3-5-11(2)13(10)16-7-6-12-14-8-9-15-12/h3-5,12H,6-9H2,1-2H3. The van der Waals surface area contributed by atoms with E-state index in [2.05, 4.69) is 26.0 Å². The zero-order chi connectivity index (χ0) is 11.4. The highest BCUT2D eigenvalue weighted by Crippen LogP contribution is 2.22. The second kappa shape index (κ2) is 5.32. The Balaban J connectivity index is 1.84. The maximum atomic E-state index is 5.77. The van der Waals surface area contributed by atoms with Crippen LogP contribution in [0.3, 0.4) is 0 Å². The van der Waals surface area contributed by atoms with Crippen molar-refractivity contribution < 1.29 is 14.2 Å². The van der Waals surface area contributed by atoms with Crippen molar-refractivity contribution in [1.82, 2.24) is 0 Å². The number of hydrogen-bond acceptors (Lipinski definition) is 3. The number of rotatable bonds is 4. The first-order valence-electron chi connectivity index (χ1n) is 5.69. The average molecular weight is 222 g/mol. The van der Waals surface area contributed by atoms with E-state index in [1.807, 2.05) is 6.07 Å². The number of para-hydroxylation sites is 1. The maximum Gasteiger partial charge on any atom is 0.161 e. The Morgan fingerprint density at radius 1 is 1.19 bits per heavy atom. The van der Waals surface area contributed by atoms with Crippen LogP contribution in [0.5, 0.6) is 5.75 Å². The van der Waals surface area contributed by atoms with E-state index in [-0.39, 0.29) is 6.29 Å². The molecule has 1 aliphatic rings. The van der Waals surface area contributed by atoms with E-state index in [4.69, 9.17) is 14.2 Å². The van der Waals surface area contributed by atoms with Crippen LogP contribution in [0.25, 0.3) is 0 Å². The zero-order valence-electron chi connectivity index (χ0n) is 9.86. The van der Waals surface area contributed by atoms with Gasteiger partial charge < -0.3 is 14.2 Å². The minimum atomic E-state index is -0.0793. The van der Waals surface area contributed by atoms with Gasteiger partial charge in [0.05, 0.1) is 19.8 Å². The molecule has 0 aliphatic carbocycles. The molecule has 0 bridgehead atoms. The highest BCUT2D eigenvalue weighted by atomic mass is 16.7. The van der Waals surface area contributed by atoms with Gasteiger partial charge in [-0.3, -0.25) is 0 Å². The Labute approximate surface area is 96.3 Å². The van der Waals surface area contributed by atoms with Gasteiger partial charge in [0.25, 0.3) is 0 Å². The molecule has 1 aliphatic heterocycles. The van der Waals surface area contributed by atoms with Crippen molar-refractivity contribution in [1.29, 1.82) is 0 Å². The number of aryl methyl sites for hydroxylation is 2. The Morgan fingerprint density at radius 2 is 1.81 bits per heavy atom. The van der Waals surface area contributed by atoms with Crippen LogP contribution in [0.4, 0.5) is 0 Å². The molecule has 0 atom stereocenters. The summed E-state index contributed by atoms with van der Waals surface area (Å²) in [6.07, 6.45) is 0.706. The fraction of sp³-hybridized carbons (Fsp3) is 0.538. The Hall–Kier alpha value is -1.06. The lowest BCUT2D eigenvalue weighted by atomic mass is 10.1. The van der Waals surface area contributed by atoms with E-state index < -0.39 is 0 Å². The van der Waals surface area contributed by atoms with Gasteiger partial charge in [-0.2, -0.15) is 0 Å². The van der Waals surface area contributed by atoms with Crippen LogP contribution in [0.2, 0.25) is 0 Å². The number of ether oxygens (including phenoxy) is 3. The van der Waals surface area contributed by atoms with Gasteiger partial charge in [0.2, 0.25) is 0 Å². The van der Waals surface area contributed by atoms with Gasteiger partial charge in [0.15, 0.2) is 6.29 Å². The molecule has 1 fully saturated rings. The lowest BCUT2D eigenvalue weighted by Crippen LogP contribution is -2.13. The SMILES string of the molecule is Cc1cccc(C)c1OCCC1OCCO1. The summed E-state index contributed by atoms with van der Waals surface area (Å²) in [6, 6.07) is 6.16. The summed E-state index contributed by atoms with van der Waals surface area (Å²) >= 11 is 0. The molecule has 0 aromatic heterocycles. The van der Waals surface area contributed by atoms with Crippen molar-refractivity contribution >= 4 is 0 Å². The van der Waals surface area contributed by atoms with E-state index in [0.29, 0.717) is 19.8 Å². The fourth-order valence-electron chi connectivity index (χ4n) is 1.86. The average Bonchev–Trinajstić information content (AvgIpc) is 2.75. The van der Waals surface area contributed by atoms with E-state index >= 15 is 0 Å². The predicted molar refractivity (Wildman–Crippen MR) is 61.7 cm³/mol. The summed E-state index contributed by atoms with van der Waals surface area (Å²) in [7, 11) is 0. The number of hydrogen-bond donors (Lipinski definition) is 0. The first-order valence-corrected chi connectivity index (χ1v) is 5.69. The second-order valence-corrected chi connectivity index (χ2v) is 4.03. The minimum absolute atomic E-state index is 0.0793. The number of benzene rings is 1. The highest BCUT2D eigenvalue weighted by Gasteiger charge is 2.15. The lowest BCUT2D eigenvalue weighted by molar-refractivity contribution is -0.0532. The molecular formula is C13H18O3. The van der Waals surface area contributed by atoms with Crippen molar-refractivity contribution in [3.63, 3.8) is 0 Å². The molecule has 88 valence electrons. The Bertz CT molecular complexity index is 323. The third kappa shape index (κ3) is 2.74. The van der Waals surface area contributed by atoms with Gasteiger partial charge in [-0.25, -0.2) is 0 Å². The van der Waals surface area contributed by atoms with Crippen LogP contribution in [-0.2, 0) is 9.47 Å². The van der Waals surface area contributed by atoms with E-state index in [1.54, 1.807) is 0 Å². The van der Waals surface area contributed by atoms with Crippen molar-refractivity contribution in [2.45, 2.75) is 26.6 Å². The van der Waals surface area contributed by atoms with Gasteiger partial charge >= 0.3 is 0 Å². The minimum Gasteiger partial charge on any atom is -0.493 e. The Kier molecular flexibility index (Phi) is 3.80. The molecule has 0 spiro atoms. The summed E-state index contributed by atoms with van der Waals surface area (Å²) < 4.78 is 16.5. The van der Waals surface area contributed by atoms with E-state index in [9.17, 15) is 0 Å². The smallest absolute Gasteiger partial charge is 0.161 e. The molecule has 1 heterocycles. The van der Waals surface area contributed by atoms with Gasteiger partial charge in [-0.15, -0.1) is 0 Å². The van der Waals surface area contributed by atoms with E-state index in [1.165, 1.54) is 11.1 Å². The molecule has 3 nitrogen and oxygen atoms in total. The van der Waals surface area contributed by atoms with Crippen LogP contribution in [0, 0.1) is 13.8 Å². The van der Waals surface area contributed by atoms with Gasteiger partial charge in [-0.1, -0.05) is 18.2 Å². The van der Waals surface area contributed by atoms with Crippen molar-refractivity contribution in [3.05, 3.63) is 29.3 Å². The van der Waals surface area contributed by atoms with Crippen molar-refractivity contribution in [2.24, 2.45) is 0 Å². The molecule has 0 saturated carbocycles. The molecule has 2 rings (SSSR count). The van der Waals surface area contributed by atoms with E-state index in [0.717, 1.165) is 12.2 Å². The van der Waals surface area contributed by atoms with Gasteiger partial charge in [-0.05, 0) is 25.0 Å². The van der Waals surface area contributed by atoms with Crippen molar-refractivity contribution in [3.8, 4) is 5.75 Å². The largest absolute Gasteiger partial charge is 0.493 e. The molecule has 0 radical (unpaired) electrons. The third-order valence-electron chi connectivity index (χ3n) is 2.70. The van der Waals surface area contributed by atoms with Crippen LogP contribution in [0.15, 0.2) is 18.2 Å². The monoisotopic (exact) mass is 222 g/mol. The molecule has 1 aromatic carbocycles. The highest BCUT2D eigenvalue weighted by molar-refractivity contribution is 5.39. The summed E-state index contributed by atoms with van der Waals surface area (Å²) in [5.41, 5.74) is 2.35. The quantitative estimate of drug-likeness (QED) is 0.783. The predicted octanol–water partition coefficient (Wildman–Crippen LogP) is 2.45. The maximum absolute atomic E-state index is 5.77. The fourth-order valence-corrected chi connectivity index (χ4v) is 1.86. The summed E-state index contributed by atoms with van der Waals surface area (Å²) in [5.74, 6) is 0.987. The Morgan fingerprint density at radius 3 is 2.44 bits per heavy atom. The van der Waals surface area contributed by atoms with Gasteiger partial charge in [0.1, 0.15) is 5.75 Å². The summed E-state index contributed by atoms with van der Waals surface area (Å²) in [4.78, 5) is 0. The lowest BCUT2D eigenvalue weighted by Gasteiger charge is -2.13. The molecule has 0 amide bonds. The second-order valence-electron chi connectivity index (χ2n) is 4.03. The molecule has 3 heteroatoms. The molecule has 1 saturated heterocycles. The molecule has 1 aromatic rings. The van der Waals surface area contributed by atoms with Crippen molar-refractivity contribution in [2.75, 3.05) is 19.8 Å². The third-order valence-corrected chi connectivity index (χ3v) is 2.70. The normalized spacial score (nSPS) is 16.6. The molecular weight excluding hydrogens is 204 g/mol. The van der Waals surface area contributed by atoms with Crippen LogP contribution in [0.1, 0.15) is 17.5 Å². The molecule has 16 heavy (non-hydrogen) atoms. The van der Waals surface area contributed by atoms with Gasteiger partial charge in [0, 0.05) is 6.42 Å². The molecule has 0 unspecified atom stereocenters. The summed E-state index contributed by atoms with van der Waals surface area (Å²) in [6.45, 7) is 6.16. The van der Waals surface area contributed by atoms with Crippen LogP contribution >= 0.6 is 0 Å². The first-order chi connectivity index (χ1) is 7.77. The van der Waals surface area contributed by atoms with Crippen LogP contribution in [-0.4, -0.2) is 26.1 Å². The molecule has 0 N–H and O–H groups in total. The summed E-state index contributed by atoms with van der Waals surface area (Å²) in [5, 5.41) is 0. The first kappa shape index (κ1) is 11.4. The van der Waals surface area contributed by atoms with Crippen LogP contribution < -0.4 is 4.74 Å².